The SMILES string of the molecule is CCCOc1cccc([C@@H]2C3=C(CC(C)(C)CC3=O)Nc3ccccc3N2C(=O)C(F)(F)F)c1. The fourth-order valence-corrected chi connectivity index (χ4v) is 4.66. The first kappa shape index (κ1) is 23.9. The quantitative estimate of drug-likeness (QED) is 0.577. The molecular formula is C26H27F3N2O3. The first-order chi connectivity index (χ1) is 16.0. The van der Waals surface area contributed by atoms with Crippen LogP contribution in [0.2, 0.25) is 0 Å². The van der Waals surface area contributed by atoms with Crippen molar-refractivity contribution in [3.63, 3.8) is 0 Å². The number of carbonyl (C=O) groups is 2. The smallest absolute Gasteiger partial charge is 0.471 e. The van der Waals surface area contributed by atoms with Crippen LogP contribution in [0.15, 0.2) is 59.8 Å². The molecular weight excluding hydrogens is 445 g/mol. The summed E-state index contributed by atoms with van der Waals surface area (Å²) in [6.45, 7) is 6.27. The van der Waals surface area contributed by atoms with Gasteiger partial charge in [0, 0.05) is 17.7 Å². The number of anilines is 2. The maximum absolute atomic E-state index is 13.9. The first-order valence-corrected chi connectivity index (χ1v) is 11.3. The Morgan fingerprint density at radius 2 is 1.88 bits per heavy atom. The molecule has 2 aromatic rings. The topological polar surface area (TPSA) is 58.6 Å². The van der Waals surface area contributed by atoms with Crippen LogP contribution in [0.5, 0.6) is 5.75 Å². The summed E-state index contributed by atoms with van der Waals surface area (Å²) < 4.78 is 47.4. The second-order valence-electron chi connectivity index (χ2n) is 9.47. The average molecular weight is 473 g/mol. The number of allylic oxidation sites excluding steroid dienone is 1. The van der Waals surface area contributed by atoms with E-state index in [1.165, 1.54) is 6.07 Å². The van der Waals surface area contributed by atoms with Gasteiger partial charge in [-0.05, 0) is 48.1 Å². The standard InChI is InChI=1S/C26H27F3N2O3/c1-4-12-34-17-9-7-8-16(13-17)23-22-19(14-25(2,3)15-21(22)32)30-18-10-5-6-11-20(18)31(23)24(33)26(27,28)29/h5-11,13,23,30H,4,12,14-15H2,1-3H3/t23-/m1/s1. The summed E-state index contributed by atoms with van der Waals surface area (Å²) in [5.41, 5.74) is 1.13. The van der Waals surface area contributed by atoms with E-state index in [1.54, 1.807) is 42.5 Å². The zero-order valence-corrected chi connectivity index (χ0v) is 19.3. The highest BCUT2D eigenvalue weighted by Gasteiger charge is 2.50. The van der Waals surface area contributed by atoms with Gasteiger partial charge in [-0.25, -0.2) is 0 Å². The summed E-state index contributed by atoms with van der Waals surface area (Å²) in [7, 11) is 0. The van der Waals surface area contributed by atoms with Gasteiger partial charge < -0.3 is 10.1 Å². The van der Waals surface area contributed by atoms with E-state index in [9.17, 15) is 22.8 Å². The van der Waals surface area contributed by atoms with E-state index in [-0.39, 0.29) is 28.9 Å². The largest absolute Gasteiger partial charge is 0.494 e. The third kappa shape index (κ3) is 4.54. The molecule has 1 N–H and O–H groups in total. The van der Waals surface area contributed by atoms with Gasteiger partial charge in [-0.2, -0.15) is 13.2 Å². The van der Waals surface area contributed by atoms with Gasteiger partial charge >= 0.3 is 12.1 Å². The van der Waals surface area contributed by atoms with Crippen LogP contribution in [0.4, 0.5) is 24.5 Å². The Bertz CT molecular complexity index is 1150. The Morgan fingerprint density at radius 3 is 2.59 bits per heavy atom. The fraction of sp³-hybridized carbons (Fsp3) is 0.385. The lowest BCUT2D eigenvalue weighted by Crippen LogP contribution is -2.45. The molecule has 0 saturated heterocycles. The molecule has 8 heteroatoms. The monoisotopic (exact) mass is 472 g/mol. The van der Waals surface area contributed by atoms with Crippen molar-refractivity contribution in [1.29, 1.82) is 0 Å². The molecule has 180 valence electrons. The number of alkyl halides is 3. The van der Waals surface area contributed by atoms with Crippen molar-refractivity contribution in [1.82, 2.24) is 0 Å². The Kier molecular flexibility index (Phi) is 6.18. The number of fused-ring (bicyclic) bond motifs is 1. The molecule has 2 aliphatic rings. The number of hydrogen-bond donors (Lipinski definition) is 1. The number of ether oxygens (including phenoxy) is 1. The molecule has 0 aromatic heterocycles. The van der Waals surface area contributed by atoms with Gasteiger partial charge in [-0.15, -0.1) is 0 Å². The molecule has 2 aromatic carbocycles. The van der Waals surface area contributed by atoms with Crippen molar-refractivity contribution in [3.8, 4) is 5.75 Å². The fourth-order valence-electron chi connectivity index (χ4n) is 4.66. The molecule has 4 rings (SSSR count). The zero-order valence-electron chi connectivity index (χ0n) is 19.3. The Morgan fingerprint density at radius 1 is 1.15 bits per heavy atom. The van der Waals surface area contributed by atoms with Gasteiger partial charge in [0.05, 0.1) is 24.0 Å². The van der Waals surface area contributed by atoms with Crippen LogP contribution >= 0.6 is 0 Å². The van der Waals surface area contributed by atoms with Crippen LogP contribution in [0.25, 0.3) is 0 Å². The zero-order chi connectivity index (χ0) is 24.7. The molecule has 0 unspecified atom stereocenters. The summed E-state index contributed by atoms with van der Waals surface area (Å²) in [5, 5.41) is 3.20. The molecule has 34 heavy (non-hydrogen) atoms. The van der Waals surface area contributed by atoms with Crippen molar-refractivity contribution < 1.29 is 27.5 Å². The number of amides is 1. The van der Waals surface area contributed by atoms with E-state index in [0.717, 1.165) is 6.42 Å². The molecule has 5 nitrogen and oxygen atoms in total. The summed E-state index contributed by atoms with van der Waals surface area (Å²) in [6.07, 6.45) is -3.75. The minimum absolute atomic E-state index is 0.0645. The van der Waals surface area contributed by atoms with Crippen LogP contribution < -0.4 is 15.0 Å². The van der Waals surface area contributed by atoms with Gasteiger partial charge in [-0.3, -0.25) is 14.5 Å². The molecule has 1 heterocycles. The number of rotatable bonds is 4. The van der Waals surface area contributed by atoms with Gasteiger partial charge in [0.15, 0.2) is 5.78 Å². The third-order valence-corrected chi connectivity index (χ3v) is 6.01. The molecule has 0 bridgehead atoms. The summed E-state index contributed by atoms with van der Waals surface area (Å²) >= 11 is 0. The number of nitrogens with one attached hydrogen (secondary N) is 1. The van der Waals surface area contributed by atoms with E-state index < -0.39 is 18.1 Å². The number of hydrogen-bond acceptors (Lipinski definition) is 4. The van der Waals surface area contributed by atoms with E-state index in [2.05, 4.69) is 5.32 Å². The number of halogens is 3. The third-order valence-electron chi connectivity index (χ3n) is 6.01. The molecule has 1 atom stereocenters. The van der Waals surface area contributed by atoms with Crippen LogP contribution in [0.1, 0.15) is 51.6 Å². The van der Waals surface area contributed by atoms with E-state index in [1.807, 2.05) is 20.8 Å². The van der Waals surface area contributed by atoms with Crippen molar-refractivity contribution in [3.05, 3.63) is 65.4 Å². The van der Waals surface area contributed by atoms with Gasteiger partial charge in [0.25, 0.3) is 0 Å². The lowest BCUT2D eigenvalue weighted by Gasteiger charge is -2.37. The molecule has 1 aliphatic carbocycles. The highest BCUT2D eigenvalue weighted by Crippen LogP contribution is 2.49. The predicted molar refractivity (Wildman–Crippen MR) is 124 cm³/mol. The number of benzene rings is 2. The Balaban J connectivity index is 1.99. The lowest BCUT2D eigenvalue weighted by molar-refractivity contribution is -0.170. The molecule has 0 spiro atoms. The minimum Gasteiger partial charge on any atom is -0.494 e. The summed E-state index contributed by atoms with van der Waals surface area (Å²) in [6, 6.07) is 11.7. The summed E-state index contributed by atoms with van der Waals surface area (Å²) in [4.78, 5) is 27.1. The Labute approximate surface area is 196 Å². The maximum atomic E-state index is 13.9. The van der Waals surface area contributed by atoms with Crippen molar-refractivity contribution >= 4 is 23.1 Å². The molecule has 0 radical (unpaired) electrons. The number of nitrogens with zero attached hydrogens (tertiary/aromatic N) is 1. The number of Topliss-reactive ketones (excluding diaryl/α,β-unsaturated/α-hetero) is 1. The molecule has 0 fully saturated rings. The van der Waals surface area contributed by atoms with Crippen molar-refractivity contribution in [2.75, 3.05) is 16.8 Å². The average Bonchev–Trinajstić information content (AvgIpc) is 2.90. The minimum atomic E-state index is -5.14. The second-order valence-corrected chi connectivity index (χ2v) is 9.47. The van der Waals surface area contributed by atoms with Crippen molar-refractivity contribution in [2.45, 2.75) is 52.3 Å². The van der Waals surface area contributed by atoms with Crippen LogP contribution in [-0.4, -0.2) is 24.5 Å². The molecule has 1 aliphatic heterocycles. The molecule has 0 saturated carbocycles. The first-order valence-electron chi connectivity index (χ1n) is 11.3. The predicted octanol–water partition coefficient (Wildman–Crippen LogP) is 6.18. The van der Waals surface area contributed by atoms with Crippen LogP contribution in [0.3, 0.4) is 0 Å². The normalized spacial score (nSPS) is 19.6. The number of carbonyl (C=O) groups excluding carboxylic acids is 2. The maximum Gasteiger partial charge on any atom is 0.471 e. The molecule has 1 amide bonds. The van der Waals surface area contributed by atoms with E-state index in [4.69, 9.17) is 4.74 Å². The van der Waals surface area contributed by atoms with Gasteiger partial charge in [0.2, 0.25) is 0 Å². The van der Waals surface area contributed by atoms with Gasteiger partial charge in [-0.1, -0.05) is 45.0 Å². The van der Waals surface area contributed by atoms with Gasteiger partial charge in [0.1, 0.15) is 5.75 Å². The Hall–Kier alpha value is -3.29. The van der Waals surface area contributed by atoms with E-state index in [0.29, 0.717) is 40.6 Å². The lowest BCUT2D eigenvalue weighted by atomic mass is 9.73. The highest BCUT2D eigenvalue weighted by molar-refractivity contribution is 6.07. The van der Waals surface area contributed by atoms with Crippen LogP contribution in [-0.2, 0) is 9.59 Å². The highest BCUT2D eigenvalue weighted by atomic mass is 19.4. The van der Waals surface area contributed by atoms with Crippen molar-refractivity contribution in [2.24, 2.45) is 5.41 Å². The summed E-state index contributed by atoms with van der Waals surface area (Å²) in [5.74, 6) is -1.84. The number of para-hydroxylation sites is 2. The second kappa shape index (κ2) is 8.81. The van der Waals surface area contributed by atoms with E-state index >= 15 is 0 Å². The number of ketones is 1. The van der Waals surface area contributed by atoms with Crippen LogP contribution in [0, 0.1) is 5.41 Å².